The first-order valence-corrected chi connectivity index (χ1v) is 5.51. The lowest BCUT2D eigenvalue weighted by atomic mass is 10.4. The van der Waals surface area contributed by atoms with Gasteiger partial charge in [-0.1, -0.05) is 0 Å². The summed E-state index contributed by atoms with van der Waals surface area (Å²) in [5.74, 6) is 0.0154. The zero-order valence-electron chi connectivity index (χ0n) is 9.17. The molecule has 2 aromatic heterocycles. The van der Waals surface area contributed by atoms with Crippen LogP contribution in [0, 0.1) is 0 Å². The van der Waals surface area contributed by atoms with Crippen LogP contribution in [0.25, 0.3) is 0 Å². The van der Waals surface area contributed by atoms with Crippen molar-refractivity contribution in [1.82, 2.24) is 14.8 Å². The molecule has 0 aliphatic rings. The van der Waals surface area contributed by atoms with Gasteiger partial charge in [0.15, 0.2) is 11.5 Å². The number of carboxylic acids is 1. The van der Waals surface area contributed by atoms with E-state index in [9.17, 15) is 4.79 Å². The monoisotopic (exact) mass is 254 g/mol. The van der Waals surface area contributed by atoms with Crippen molar-refractivity contribution in [3.05, 3.63) is 17.3 Å². The van der Waals surface area contributed by atoms with Crippen molar-refractivity contribution in [3.63, 3.8) is 0 Å². The van der Waals surface area contributed by atoms with Crippen molar-refractivity contribution < 1.29 is 14.6 Å². The maximum atomic E-state index is 10.9. The van der Waals surface area contributed by atoms with Crippen LogP contribution in [0.1, 0.15) is 10.5 Å². The lowest BCUT2D eigenvalue weighted by Crippen LogP contribution is -2.01. The molecule has 0 aliphatic carbocycles. The molecule has 2 aromatic rings. The molecule has 0 aromatic carbocycles. The Morgan fingerprint density at radius 2 is 2.41 bits per heavy atom. The van der Waals surface area contributed by atoms with Gasteiger partial charge in [-0.3, -0.25) is 0 Å². The van der Waals surface area contributed by atoms with E-state index in [2.05, 4.69) is 15.4 Å². The molecule has 2 rings (SSSR count). The minimum Gasteiger partial charge on any atom is -0.481 e. The SMILES string of the molecule is COc1cc(Nc2scnc2C(=O)O)nn1C. The Kier molecular flexibility index (Phi) is 2.96. The molecule has 0 saturated carbocycles. The highest BCUT2D eigenvalue weighted by Crippen LogP contribution is 2.25. The number of anilines is 2. The molecule has 7 nitrogen and oxygen atoms in total. The minimum atomic E-state index is -1.07. The molecular formula is C9H10N4O3S. The van der Waals surface area contributed by atoms with Gasteiger partial charge in [0, 0.05) is 13.1 Å². The van der Waals surface area contributed by atoms with Crippen LogP contribution in [0.15, 0.2) is 11.6 Å². The quantitative estimate of drug-likeness (QED) is 0.855. The van der Waals surface area contributed by atoms with Crippen LogP contribution in [0.4, 0.5) is 10.8 Å². The fourth-order valence-electron chi connectivity index (χ4n) is 1.31. The minimum absolute atomic E-state index is 0.0142. The summed E-state index contributed by atoms with van der Waals surface area (Å²) < 4.78 is 6.60. The van der Waals surface area contributed by atoms with Gasteiger partial charge in [0.05, 0.1) is 12.6 Å². The number of aromatic carboxylic acids is 1. The third-order valence-electron chi connectivity index (χ3n) is 2.06. The topological polar surface area (TPSA) is 89.3 Å². The zero-order valence-corrected chi connectivity index (χ0v) is 9.98. The second-order valence-corrected chi connectivity index (χ2v) is 4.01. The first-order chi connectivity index (χ1) is 8.11. The molecule has 8 heteroatoms. The average molecular weight is 254 g/mol. The average Bonchev–Trinajstić information content (AvgIpc) is 2.85. The Morgan fingerprint density at radius 1 is 1.65 bits per heavy atom. The van der Waals surface area contributed by atoms with E-state index < -0.39 is 5.97 Å². The number of ether oxygens (including phenoxy) is 1. The summed E-state index contributed by atoms with van der Waals surface area (Å²) in [5.41, 5.74) is 1.45. The maximum absolute atomic E-state index is 10.9. The Bertz CT molecular complexity index is 548. The van der Waals surface area contributed by atoms with Gasteiger partial charge in [-0.25, -0.2) is 14.5 Å². The molecule has 0 atom stereocenters. The number of carboxylic acid groups (broad SMARTS) is 1. The maximum Gasteiger partial charge on any atom is 0.357 e. The van der Waals surface area contributed by atoms with Gasteiger partial charge in [-0.15, -0.1) is 11.3 Å². The van der Waals surface area contributed by atoms with E-state index in [4.69, 9.17) is 9.84 Å². The predicted octanol–water partition coefficient (Wildman–Crippen LogP) is 1.33. The van der Waals surface area contributed by atoms with Gasteiger partial charge in [-0.05, 0) is 0 Å². The highest BCUT2D eigenvalue weighted by Gasteiger charge is 2.15. The number of thiazole rings is 1. The van der Waals surface area contributed by atoms with Gasteiger partial charge in [-0.2, -0.15) is 5.10 Å². The second kappa shape index (κ2) is 4.42. The molecule has 0 spiro atoms. The normalized spacial score (nSPS) is 10.2. The molecule has 0 aliphatic heterocycles. The number of carbonyl (C=O) groups is 1. The van der Waals surface area contributed by atoms with Crippen molar-refractivity contribution in [2.45, 2.75) is 0 Å². The zero-order chi connectivity index (χ0) is 12.4. The number of nitrogens with one attached hydrogen (secondary N) is 1. The first-order valence-electron chi connectivity index (χ1n) is 4.63. The fourth-order valence-corrected chi connectivity index (χ4v) is 1.98. The summed E-state index contributed by atoms with van der Waals surface area (Å²) in [5, 5.41) is 16.4. The molecule has 0 unspecified atom stereocenters. The summed E-state index contributed by atoms with van der Waals surface area (Å²) in [6, 6.07) is 1.67. The Balaban J connectivity index is 2.25. The number of aromatic nitrogens is 3. The number of hydrogen-bond acceptors (Lipinski definition) is 6. The van der Waals surface area contributed by atoms with E-state index in [1.54, 1.807) is 17.8 Å². The predicted molar refractivity (Wildman–Crippen MR) is 62.1 cm³/mol. The van der Waals surface area contributed by atoms with Crippen LogP contribution < -0.4 is 10.1 Å². The summed E-state index contributed by atoms with van der Waals surface area (Å²) in [6.45, 7) is 0. The lowest BCUT2D eigenvalue weighted by molar-refractivity contribution is 0.0692. The van der Waals surface area contributed by atoms with Crippen molar-refractivity contribution in [3.8, 4) is 5.88 Å². The van der Waals surface area contributed by atoms with E-state index in [0.29, 0.717) is 16.7 Å². The van der Waals surface area contributed by atoms with E-state index in [-0.39, 0.29) is 5.69 Å². The molecule has 0 radical (unpaired) electrons. The van der Waals surface area contributed by atoms with Gasteiger partial charge >= 0.3 is 5.97 Å². The van der Waals surface area contributed by atoms with Crippen molar-refractivity contribution in [1.29, 1.82) is 0 Å². The third-order valence-corrected chi connectivity index (χ3v) is 2.80. The van der Waals surface area contributed by atoms with Crippen LogP contribution in [0.5, 0.6) is 5.88 Å². The Hall–Kier alpha value is -2.09. The highest BCUT2D eigenvalue weighted by atomic mass is 32.1. The molecule has 2 N–H and O–H groups in total. The standard InChI is InChI=1S/C9H10N4O3S/c1-13-6(16-2)3-5(12-13)11-8-7(9(14)15)10-4-17-8/h3-4H,1-2H3,(H,11,12)(H,14,15). The number of aryl methyl sites for hydroxylation is 1. The number of nitrogens with zero attached hydrogens (tertiary/aromatic N) is 3. The van der Waals surface area contributed by atoms with Crippen molar-refractivity contribution >= 4 is 28.1 Å². The smallest absolute Gasteiger partial charge is 0.357 e. The molecule has 17 heavy (non-hydrogen) atoms. The molecule has 0 bridgehead atoms. The van der Waals surface area contributed by atoms with Gasteiger partial charge in [0.1, 0.15) is 5.00 Å². The van der Waals surface area contributed by atoms with Crippen LogP contribution >= 0.6 is 11.3 Å². The first kappa shape index (κ1) is 11.4. The van der Waals surface area contributed by atoms with Crippen LogP contribution in [0.3, 0.4) is 0 Å². The lowest BCUT2D eigenvalue weighted by Gasteiger charge is -1.98. The van der Waals surface area contributed by atoms with Crippen LogP contribution in [-0.4, -0.2) is 33.0 Å². The van der Waals surface area contributed by atoms with Gasteiger partial charge in [0.25, 0.3) is 0 Å². The number of rotatable bonds is 4. The van der Waals surface area contributed by atoms with Crippen molar-refractivity contribution in [2.24, 2.45) is 7.05 Å². The molecule has 90 valence electrons. The van der Waals surface area contributed by atoms with E-state index in [1.165, 1.54) is 24.0 Å². The number of methoxy groups -OCH3 is 1. The van der Waals surface area contributed by atoms with Crippen molar-refractivity contribution in [2.75, 3.05) is 12.4 Å². The largest absolute Gasteiger partial charge is 0.481 e. The second-order valence-electron chi connectivity index (χ2n) is 3.16. The Morgan fingerprint density at radius 3 is 3.00 bits per heavy atom. The van der Waals surface area contributed by atoms with Gasteiger partial charge < -0.3 is 15.2 Å². The molecule has 0 saturated heterocycles. The molecular weight excluding hydrogens is 244 g/mol. The summed E-state index contributed by atoms with van der Waals surface area (Å²) in [7, 11) is 3.27. The summed E-state index contributed by atoms with van der Waals surface area (Å²) in [6.07, 6.45) is 0. The highest BCUT2D eigenvalue weighted by molar-refractivity contribution is 7.14. The molecule has 0 amide bonds. The fraction of sp³-hybridized carbons (Fsp3) is 0.222. The third kappa shape index (κ3) is 2.21. The van der Waals surface area contributed by atoms with E-state index >= 15 is 0 Å². The van der Waals surface area contributed by atoms with E-state index in [0.717, 1.165) is 0 Å². The van der Waals surface area contributed by atoms with Crippen LogP contribution in [0.2, 0.25) is 0 Å². The summed E-state index contributed by atoms with van der Waals surface area (Å²) >= 11 is 1.20. The van der Waals surface area contributed by atoms with Gasteiger partial charge in [0.2, 0.25) is 5.88 Å². The summed E-state index contributed by atoms with van der Waals surface area (Å²) in [4.78, 5) is 14.6. The molecule has 2 heterocycles. The van der Waals surface area contributed by atoms with Crippen LogP contribution in [-0.2, 0) is 7.05 Å². The number of hydrogen-bond donors (Lipinski definition) is 2. The Labute approximate surface area is 101 Å². The molecule has 0 fully saturated rings. The van der Waals surface area contributed by atoms with E-state index in [1.807, 2.05) is 0 Å².